The van der Waals surface area contributed by atoms with E-state index in [1.807, 2.05) is 30.1 Å². The molecule has 0 spiro atoms. The summed E-state index contributed by atoms with van der Waals surface area (Å²) in [5.41, 5.74) is 0.823. The number of hydrogen-bond acceptors (Lipinski definition) is 2. The zero-order chi connectivity index (χ0) is 17.2. The van der Waals surface area contributed by atoms with E-state index in [9.17, 15) is 4.79 Å². The molecule has 1 aromatic carbocycles. The summed E-state index contributed by atoms with van der Waals surface area (Å²) in [7, 11) is 1.97. The fraction of sp³-hybridized carbons (Fsp3) is 0.591. The standard InChI is InChI=1S/C22H27NO2/c1-14(20-10-18-5-3-4-6-19(18)25-20)23(2)21(24)22-11-15-7-16(12-22)9-17(8-15)13-22/h3-6,10,14-17H,7-9,11-13H2,1-2H3. The van der Waals surface area contributed by atoms with Gasteiger partial charge in [-0.15, -0.1) is 0 Å². The van der Waals surface area contributed by atoms with Crippen molar-refractivity contribution in [2.75, 3.05) is 7.05 Å². The van der Waals surface area contributed by atoms with Crippen molar-refractivity contribution in [3.8, 4) is 0 Å². The van der Waals surface area contributed by atoms with Crippen LogP contribution in [0.3, 0.4) is 0 Å². The smallest absolute Gasteiger partial charge is 0.229 e. The molecule has 4 fully saturated rings. The highest BCUT2D eigenvalue weighted by atomic mass is 16.3. The zero-order valence-corrected chi connectivity index (χ0v) is 15.2. The molecule has 4 bridgehead atoms. The summed E-state index contributed by atoms with van der Waals surface area (Å²) in [6.07, 6.45) is 7.47. The number of carbonyl (C=O) groups excluding carboxylic acids is 1. The van der Waals surface area contributed by atoms with Gasteiger partial charge >= 0.3 is 0 Å². The van der Waals surface area contributed by atoms with E-state index in [0.717, 1.165) is 53.7 Å². The first-order chi connectivity index (χ1) is 12.0. The van der Waals surface area contributed by atoms with Gasteiger partial charge < -0.3 is 9.32 Å². The van der Waals surface area contributed by atoms with Gasteiger partial charge in [-0.2, -0.15) is 0 Å². The lowest BCUT2D eigenvalue weighted by Gasteiger charge is -2.56. The molecule has 25 heavy (non-hydrogen) atoms. The molecule has 4 aliphatic rings. The quantitative estimate of drug-likeness (QED) is 0.774. The Balaban J connectivity index is 1.41. The number of nitrogens with zero attached hydrogens (tertiary/aromatic N) is 1. The van der Waals surface area contributed by atoms with Crippen molar-refractivity contribution in [2.24, 2.45) is 23.2 Å². The average Bonchev–Trinajstić information content (AvgIpc) is 3.02. The van der Waals surface area contributed by atoms with Crippen LogP contribution >= 0.6 is 0 Å². The van der Waals surface area contributed by atoms with E-state index in [4.69, 9.17) is 4.42 Å². The molecule has 0 aliphatic heterocycles. The number of rotatable bonds is 3. The molecule has 132 valence electrons. The van der Waals surface area contributed by atoms with Gasteiger partial charge in [0.15, 0.2) is 0 Å². The van der Waals surface area contributed by atoms with Gasteiger partial charge in [-0.1, -0.05) is 18.2 Å². The number of amides is 1. The van der Waals surface area contributed by atoms with Crippen molar-refractivity contribution >= 4 is 16.9 Å². The molecule has 0 N–H and O–H groups in total. The Hall–Kier alpha value is -1.77. The molecule has 3 nitrogen and oxygen atoms in total. The topological polar surface area (TPSA) is 33.5 Å². The lowest BCUT2D eigenvalue weighted by molar-refractivity contribution is -0.158. The third-order valence-electron chi connectivity index (χ3n) is 7.25. The fourth-order valence-electron chi connectivity index (χ4n) is 6.32. The van der Waals surface area contributed by atoms with Gasteiger partial charge in [0.25, 0.3) is 0 Å². The molecule has 1 heterocycles. The van der Waals surface area contributed by atoms with E-state index >= 15 is 0 Å². The Kier molecular flexibility index (Phi) is 3.32. The van der Waals surface area contributed by atoms with Crippen molar-refractivity contribution in [1.29, 1.82) is 0 Å². The van der Waals surface area contributed by atoms with Crippen LogP contribution in [0, 0.1) is 23.2 Å². The maximum absolute atomic E-state index is 13.5. The van der Waals surface area contributed by atoms with Crippen molar-refractivity contribution in [1.82, 2.24) is 4.90 Å². The molecule has 3 heteroatoms. The minimum Gasteiger partial charge on any atom is -0.459 e. The van der Waals surface area contributed by atoms with Crippen LogP contribution in [-0.2, 0) is 4.79 Å². The first-order valence-electron chi connectivity index (χ1n) is 9.80. The molecule has 2 aromatic rings. The normalized spacial score (nSPS) is 34.4. The molecule has 0 radical (unpaired) electrons. The monoisotopic (exact) mass is 337 g/mol. The molecule has 1 unspecified atom stereocenters. The summed E-state index contributed by atoms with van der Waals surface area (Å²) in [5, 5.41) is 1.11. The Bertz CT molecular complexity index is 752. The highest BCUT2D eigenvalue weighted by Crippen LogP contribution is 2.60. The highest BCUT2D eigenvalue weighted by Gasteiger charge is 2.55. The van der Waals surface area contributed by atoms with Crippen LogP contribution in [0.5, 0.6) is 0 Å². The van der Waals surface area contributed by atoms with Gasteiger partial charge in [-0.05, 0) is 75.3 Å². The van der Waals surface area contributed by atoms with Crippen LogP contribution in [0.4, 0.5) is 0 Å². The number of fused-ring (bicyclic) bond motifs is 1. The summed E-state index contributed by atoms with van der Waals surface area (Å²) in [6, 6.07) is 10.1. The van der Waals surface area contributed by atoms with E-state index in [1.165, 1.54) is 19.3 Å². The van der Waals surface area contributed by atoms with Crippen LogP contribution in [-0.4, -0.2) is 17.9 Å². The molecular formula is C22H27NO2. The Morgan fingerprint density at radius 3 is 2.32 bits per heavy atom. The van der Waals surface area contributed by atoms with Gasteiger partial charge in [0.2, 0.25) is 5.91 Å². The average molecular weight is 337 g/mol. The van der Waals surface area contributed by atoms with Crippen molar-refractivity contribution in [3.63, 3.8) is 0 Å². The van der Waals surface area contributed by atoms with Crippen molar-refractivity contribution in [3.05, 3.63) is 36.1 Å². The fourth-order valence-corrected chi connectivity index (χ4v) is 6.32. The molecule has 1 aromatic heterocycles. The van der Waals surface area contributed by atoms with Crippen LogP contribution in [0.1, 0.15) is 57.3 Å². The molecule has 6 rings (SSSR count). The predicted octanol–water partition coefficient (Wildman–Crippen LogP) is 5.17. The SMILES string of the molecule is CC(c1cc2ccccc2o1)N(C)C(=O)C12CC3CC(CC(C3)C1)C2. The maximum atomic E-state index is 13.5. The van der Waals surface area contributed by atoms with Crippen LogP contribution in [0.15, 0.2) is 34.7 Å². The summed E-state index contributed by atoms with van der Waals surface area (Å²) < 4.78 is 6.03. The number of benzene rings is 1. The number of hydrogen-bond donors (Lipinski definition) is 0. The summed E-state index contributed by atoms with van der Waals surface area (Å²) in [6.45, 7) is 2.09. The number of furan rings is 1. The minimum absolute atomic E-state index is 0.0205. The second-order valence-corrected chi connectivity index (χ2v) is 8.98. The highest BCUT2D eigenvalue weighted by molar-refractivity contribution is 5.84. The van der Waals surface area contributed by atoms with Gasteiger partial charge in [-0.3, -0.25) is 4.79 Å². The van der Waals surface area contributed by atoms with Gasteiger partial charge in [0.05, 0.1) is 11.5 Å². The van der Waals surface area contributed by atoms with E-state index < -0.39 is 0 Å². The molecule has 4 aliphatic carbocycles. The van der Waals surface area contributed by atoms with E-state index in [1.54, 1.807) is 0 Å². The van der Waals surface area contributed by atoms with Crippen LogP contribution in [0.25, 0.3) is 11.0 Å². The van der Waals surface area contributed by atoms with Crippen LogP contribution < -0.4 is 0 Å². The van der Waals surface area contributed by atoms with Crippen molar-refractivity contribution in [2.45, 2.75) is 51.5 Å². The lowest BCUT2D eigenvalue weighted by atomic mass is 9.49. The summed E-state index contributed by atoms with van der Waals surface area (Å²) >= 11 is 0. The Morgan fingerprint density at radius 2 is 1.72 bits per heavy atom. The zero-order valence-electron chi connectivity index (χ0n) is 15.2. The molecule has 0 saturated heterocycles. The van der Waals surface area contributed by atoms with Gasteiger partial charge in [-0.25, -0.2) is 0 Å². The summed E-state index contributed by atoms with van der Waals surface area (Å²) in [4.78, 5) is 15.5. The first kappa shape index (κ1) is 15.5. The second-order valence-electron chi connectivity index (χ2n) is 8.98. The molecular weight excluding hydrogens is 310 g/mol. The van der Waals surface area contributed by atoms with Gasteiger partial charge in [0.1, 0.15) is 11.3 Å². The van der Waals surface area contributed by atoms with Crippen LogP contribution in [0.2, 0.25) is 0 Å². The van der Waals surface area contributed by atoms with E-state index in [0.29, 0.717) is 5.91 Å². The molecule has 4 saturated carbocycles. The number of para-hydroxylation sites is 1. The third kappa shape index (κ3) is 2.35. The largest absolute Gasteiger partial charge is 0.459 e. The molecule has 1 atom stereocenters. The number of carbonyl (C=O) groups is 1. The third-order valence-corrected chi connectivity index (χ3v) is 7.25. The predicted molar refractivity (Wildman–Crippen MR) is 98.0 cm³/mol. The Morgan fingerprint density at radius 1 is 1.12 bits per heavy atom. The van der Waals surface area contributed by atoms with Gasteiger partial charge in [0, 0.05) is 12.4 Å². The summed E-state index contributed by atoms with van der Waals surface area (Å²) in [5.74, 6) is 3.64. The van der Waals surface area contributed by atoms with E-state index in [-0.39, 0.29) is 11.5 Å². The van der Waals surface area contributed by atoms with E-state index in [2.05, 4.69) is 19.1 Å². The Labute approximate surface area is 149 Å². The molecule has 1 amide bonds. The lowest BCUT2D eigenvalue weighted by Crippen LogP contribution is -2.54. The van der Waals surface area contributed by atoms with Crippen molar-refractivity contribution < 1.29 is 9.21 Å². The second kappa shape index (κ2) is 5.36. The minimum atomic E-state index is -0.0796. The first-order valence-corrected chi connectivity index (χ1v) is 9.80. The maximum Gasteiger partial charge on any atom is 0.229 e.